The zero-order valence-corrected chi connectivity index (χ0v) is 44.2. The Kier molecular flexibility index (Phi) is 21.8. The van der Waals surface area contributed by atoms with E-state index in [0.29, 0.717) is 54.4 Å². The lowest BCUT2D eigenvalue weighted by Crippen LogP contribution is -2.39. The van der Waals surface area contributed by atoms with Gasteiger partial charge in [0.25, 0.3) is 0 Å². The van der Waals surface area contributed by atoms with E-state index in [0.717, 1.165) is 61.6 Å². The van der Waals surface area contributed by atoms with Gasteiger partial charge in [-0.3, -0.25) is 19.4 Å². The summed E-state index contributed by atoms with van der Waals surface area (Å²) < 4.78 is 43.6. The average Bonchev–Trinajstić information content (AvgIpc) is 4.04. The van der Waals surface area contributed by atoms with Gasteiger partial charge in [0.15, 0.2) is 0 Å². The fraction of sp³-hybridized carbons (Fsp3) is 0.233. The smallest absolute Gasteiger partial charge is 0.416 e. The van der Waals surface area contributed by atoms with Gasteiger partial charge in [-0.15, -0.1) is 0 Å². The first-order valence-electron chi connectivity index (χ1n) is 24.8. The molecule has 18 heteroatoms. The monoisotopic (exact) mass is 1060 g/mol. The lowest BCUT2D eigenvalue weighted by Gasteiger charge is -2.27. The number of likely N-dealkylation sites (N-methyl/N-ethyl adjacent to an activating group) is 1. The molecular weight excluding hydrogens is 1000 g/mol. The van der Waals surface area contributed by atoms with Crippen LogP contribution in [0.2, 0.25) is 0 Å². The molecule has 0 fully saturated rings. The van der Waals surface area contributed by atoms with Gasteiger partial charge in [0, 0.05) is 30.5 Å². The largest absolute Gasteiger partial charge is 0.497 e. The molecule has 0 radical (unpaired) electrons. The third-order valence-electron chi connectivity index (χ3n) is 11.7. The molecule has 406 valence electrons. The summed E-state index contributed by atoms with van der Waals surface area (Å²) in [6.45, 7) is 7.60. The SMILES string of the molecule is CCN(CC(=O)O)C(=O)Oc1ccc(OC)cc1.COc1ccc(OC(=O)N(CC(=O)O)[C@@H](C)c2ccc(OCCc3nc(-c4ccccc4)oc3C)cc2)cc1.Cc1oc(-c2ccccc2)nc1CCOc1ccccc1. The summed E-state index contributed by atoms with van der Waals surface area (Å²) in [6.07, 6.45) is -0.153. The molecule has 2 heterocycles. The van der Waals surface area contributed by atoms with Crippen molar-refractivity contribution in [2.24, 2.45) is 0 Å². The maximum Gasteiger partial charge on any atom is 0.416 e. The number of para-hydroxylation sites is 1. The molecule has 6 aromatic carbocycles. The number of carbonyl (C=O) groups excluding carboxylic acids is 2. The summed E-state index contributed by atoms with van der Waals surface area (Å²) in [7, 11) is 3.07. The van der Waals surface area contributed by atoms with Gasteiger partial charge in [0.05, 0.1) is 44.9 Å². The second-order valence-electron chi connectivity index (χ2n) is 17.0. The van der Waals surface area contributed by atoms with Crippen molar-refractivity contribution in [2.45, 2.75) is 46.6 Å². The third kappa shape index (κ3) is 17.8. The molecule has 0 spiro atoms. The molecule has 0 aliphatic rings. The summed E-state index contributed by atoms with van der Waals surface area (Å²) >= 11 is 0. The van der Waals surface area contributed by atoms with E-state index in [2.05, 4.69) is 9.97 Å². The Morgan fingerprint density at radius 1 is 0.513 bits per heavy atom. The van der Waals surface area contributed by atoms with Gasteiger partial charge in [-0.05, 0) is 130 Å². The highest BCUT2D eigenvalue weighted by Gasteiger charge is 2.26. The highest BCUT2D eigenvalue weighted by Crippen LogP contribution is 2.27. The Morgan fingerprint density at radius 3 is 1.31 bits per heavy atom. The summed E-state index contributed by atoms with van der Waals surface area (Å²) in [6, 6.07) is 48.9. The number of aliphatic carboxylic acids is 2. The van der Waals surface area contributed by atoms with E-state index in [9.17, 15) is 24.3 Å². The number of benzene rings is 6. The summed E-state index contributed by atoms with van der Waals surface area (Å²) in [5.74, 6) is 4.02. The van der Waals surface area contributed by atoms with E-state index in [1.54, 1.807) is 86.6 Å². The van der Waals surface area contributed by atoms with Gasteiger partial charge < -0.3 is 47.5 Å². The van der Waals surface area contributed by atoms with Crippen molar-refractivity contribution in [2.75, 3.05) is 47.1 Å². The number of hydrogen-bond donors (Lipinski definition) is 2. The molecular formula is C60H62N4O14. The first-order chi connectivity index (χ1) is 37.7. The zero-order chi connectivity index (χ0) is 55.8. The number of rotatable bonds is 21. The Labute approximate surface area is 452 Å². The molecule has 0 unspecified atom stereocenters. The summed E-state index contributed by atoms with van der Waals surface area (Å²) in [5.41, 5.74) is 4.43. The number of aromatic nitrogens is 2. The zero-order valence-electron chi connectivity index (χ0n) is 44.2. The van der Waals surface area contributed by atoms with E-state index in [4.69, 9.17) is 42.4 Å². The van der Waals surface area contributed by atoms with Gasteiger partial charge in [0.2, 0.25) is 11.8 Å². The molecule has 1 atom stereocenters. The Balaban J connectivity index is 0.000000211. The molecule has 0 aliphatic heterocycles. The van der Waals surface area contributed by atoms with E-state index >= 15 is 0 Å². The van der Waals surface area contributed by atoms with Crippen LogP contribution in [0.5, 0.6) is 34.5 Å². The van der Waals surface area contributed by atoms with Gasteiger partial charge in [0.1, 0.15) is 59.1 Å². The molecule has 0 saturated carbocycles. The number of carboxylic acids is 2. The number of methoxy groups -OCH3 is 2. The van der Waals surface area contributed by atoms with Crippen molar-refractivity contribution in [1.29, 1.82) is 0 Å². The molecule has 2 aromatic heterocycles. The Morgan fingerprint density at radius 2 is 0.897 bits per heavy atom. The molecule has 0 bridgehead atoms. The minimum atomic E-state index is -1.15. The fourth-order valence-electron chi connectivity index (χ4n) is 7.39. The summed E-state index contributed by atoms with van der Waals surface area (Å²) in [5, 5.41) is 18.0. The van der Waals surface area contributed by atoms with Crippen LogP contribution in [0, 0.1) is 13.8 Å². The summed E-state index contributed by atoms with van der Waals surface area (Å²) in [4.78, 5) is 57.9. The Hall–Kier alpha value is -9.58. The van der Waals surface area contributed by atoms with Gasteiger partial charge in [-0.25, -0.2) is 19.6 Å². The quantitative estimate of drug-likeness (QED) is 0.0683. The normalized spacial score (nSPS) is 10.8. The molecule has 8 aromatic rings. The van der Waals surface area contributed by atoms with Crippen LogP contribution in [-0.4, -0.2) is 101 Å². The molecule has 2 amide bonds. The van der Waals surface area contributed by atoms with E-state index < -0.39 is 36.7 Å². The predicted octanol–water partition coefficient (Wildman–Crippen LogP) is 11.8. The highest BCUT2D eigenvalue weighted by atomic mass is 16.6. The number of nitrogens with zero attached hydrogens (tertiary/aromatic N) is 4. The van der Waals surface area contributed by atoms with Crippen molar-refractivity contribution in [3.05, 3.63) is 192 Å². The molecule has 18 nitrogen and oxygen atoms in total. The number of aryl methyl sites for hydroxylation is 2. The second kappa shape index (κ2) is 29.5. The van der Waals surface area contributed by atoms with Gasteiger partial charge >= 0.3 is 24.1 Å². The maximum atomic E-state index is 12.9. The second-order valence-corrected chi connectivity index (χ2v) is 17.0. The van der Waals surface area contributed by atoms with Crippen molar-refractivity contribution in [3.8, 4) is 57.4 Å². The van der Waals surface area contributed by atoms with Crippen LogP contribution >= 0.6 is 0 Å². The first kappa shape index (κ1) is 57.7. The van der Waals surface area contributed by atoms with Crippen LogP contribution in [-0.2, 0) is 22.4 Å². The number of carboxylic acid groups (broad SMARTS) is 2. The molecule has 8 rings (SSSR count). The first-order valence-corrected chi connectivity index (χ1v) is 24.8. The Bertz CT molecular complexity index is 3110. The van der Waals surface area contributed by atoms with E-state index in [-0.39, 0.29) is 18.8 Å². The van der Waals surface area contributed by atoms with Crippen LogP contribution in [0.25, 0.3) is 22.9 Å². The van der Waals surface area contributed by atoms with Crippen LogP contribution < -0.4 is 28.4 Å². The average molecular weight is 1060 g/mol. The number of amides is 2. The number of ether oxygens (including phenoxy) is 6. The van der Waals surface area contributed by atoms with Crippen molar-refractivity contribution in [1.82, 2.24) is 19.8 Å². The van der Waals surface area contributed by atoms with Crippen molar-refractivity contribution < 1.29 is 66.6 Å². The molecule has 0 aliphatic carbocycles. The molecule has 2 N–H and O–H groups in total. The van der Waals surface area contributed by atoms with Gasteiger partial charge in [-0.2, -0.15) is 0 Å². The van der Waals surface area contributed by atoms with Gasteiger partial charge in [-0.1, -0.05) is 66.7 Å². The molecule has 78 heavy (non-hydrogen) atoms. The number of oxazole rings is 2. The van der Waals surface area contributed by atoms with Crippen LogP contribution in [0.1, 0.15) is 48.4 Å². The van der Waals surface area contributed by atoms with Crippen molar-refractivity contribution in [3.63, 3.8) is 0 Å². The van der Waals surface area contributed by atoms with Crippen LogP contribution in [0.3, 0.4) is 0 Å². The lowest BCUT2D eigenvalue weighted by molar-refractivity contribution is -0.139. The van der Waals surface area contributed by atoms with E-state index in [1.165, 1.54) is 14.2 Å². The fourth-order valence-corrected chi connectivity index (χ4v) is 7.39. The van der Waals surface area contributed by atoms with Crippen LogP contribution in [0.4, 0.5) is 9.59 Å². The minimum Gasteiger partial charge on any atom is -0.497 e. The predicted molar refractivity (Wildman–Crippen MR) is 290 cm³/mol. The minimum absolute atomic E-state index is 0.265. The standard InChI is InChI=1S/C30H30N2O7.C18H17NO2.C12H15NO5/c1-20(32(19-28(33)34)30(35)39-26-15-13-24(36-3)14-16-26)22-9-11-25(12-10-22)37-18-17-27-21(2)38-29(31-27)23-7-5-4-6-8-23;1-14-17(12-13-20-16-10-6-3-7-11-16)19-18(21-14)15-8-4-2-5-9-15;1-3-13(8-11(14)15)12(16)18-10-6-4-9(17-2)5-7-10/h4-16,20H,17-19H2,1-3H3,(H,33,34);2-11H,12-13H2,1H3;4-7H,3,8H2,1-2H3,(H,14,15)/t20-;;/m0../s1. The topological polar surface area (TPSA) is 223 Å². The highest BCUT2D eigenvalue weighted by molar-refractivity contribution is 5.79. The van der Waals surface area contributed by atoms with Crippen LogP contribution in [0.15, 0.2) is 173 Å². The van der Waals surface area contributed by atoms with Crippen molar-refractivity contribution >= 4 is 24.1 Å². The molecule has 0 saturated heterocycles. The third-order valence-corrected chi connectivity index (χ3v) is 11.7. The maximum absolute atomic E-state index is 12.9. The number of carbonyl (C=O) groups is 4. The lowest BCUT2D eigenvalue weighted by atomic mass is 10.1. The van der Waals surface area contributed by atoms with E-state index in [1.807, 2.05) is 105 Å². The number of hydrogen-bond acceptors (Lipinski definition) is 14.